The van der Waals surface area contributed by atoms with Gasteiger partial charge in [-0.3, -0.25) is 9.78 Å². The summed E-state index contributed by atoms with van der Waals surface area (Å²) < 4.78 is 1.39. The minimum Gasteiger partial charge on any atom is -0.507 e. The van der Waals surface area contributed by atoms with Crippen molar-refractivity contribution in [1.82, 2.24) is 14.8 Å². The van der Waals surface area contributed by atoms with Crippen molar-refractivity contribution < 1.29 is 9.90 Å². The Morgan fingerprint density at radius 3 is 2.22 bits per heavy atom. The Hall–Kier alpha value is -3.73. The molecule has 32 heavy (non-hydrogen) atoms. The molecule has 0 aliphatic carbocycles. The third-order valence-electron chi connectivity index (χ3n) is 5.62. The molecule has 2 heterocycles. The van der Waals surface area contributed by atoms with E-state index in [1.165, 1.54) is 4.68 Å². The van der Waals surface area contributed by atoms with Crippen molar-refractivity contribution in [2.24, 2.45) is 0 Å². The highest BCUT2D eigenvalue weighted by Crippen LogP contribution is 2.40. The second-order valence-electron chi connectivity index (χ2n) is 8.55. The number of nitrogens with zero attached hydrogens (tertiary/aromatic N) is 3. The molecule has 0 atom stereocenters. The van der Waals surface area contributed by atoms with Crippen molar-refractivity contribution in [1.29, 1.82) is 0 Å². The molecule has 5 nitrogen and oxygen atoms in total. The van der Waals surface area contributed by atoms with E-state index in [4.69, 9.17) is 0 Å². The van der Waals surface area contributed by atoms with Gasteiger partial charge in [0.1, 0.15) is 5.75 Å². The normalized spacial score (nSPS) is 11.3. The van der Waals surface area contributed by atoms with Gasteiger partial charge in [-0.1, -0.05) is 64.1 Å². The molecule has 0 spiro atoms. The predicted molar refractivity (Wildman–Crippen MR) is 127 cm³/mol. The molecule has 0 aliphatic heterocycles. The fraction of sp³-hybridized carbons (Fsp3) is 0.222. The standard InChI is InChI=1S/C27H27N3O2/c1-17(2)21-14-22(18(3)4)26(31)23(15-21)25-16-24(19-8-6-5-7-9-19)29-30(25)27(32)20-10-12-28-13-11-20/h5-18,31H,1-4H3. The summed E-state index contributed by atoms with van der Waals surface area (Å²) in [6.45, 7) is 8.35. The molecule has 0 unspecified atom stereocenters. The van der Waals surface area contributed by atoms with Crippen LogP contribution in [0.25, 0.3) is 22.5 Å². The van der Waals surface area contributed by atoms with E-state index in [9.17, 15) is 9.90 Å². The molecule has 0 amide bonds. The number of carbonyl (C=O) groups excluding carboxylic acids is 1. The van der Waals surface area contributed by atoms with E-state index < -0.39 is 0 Å². The smallest absolute Gasteiger partial charge is 0.278 e. The van der Waals surface area contributed by atoms with Crippen LogP contribution in [-0.2, 0) is 0 Å². The first-order valence-electron chi connectivity index (χ1n) is 10.8. The number of hydrogen-bond donors (Lipinski definition) is 1. The van der Waals surface area contributed by atoms with E-state index in [2.05, 4.69) is 43.8 Å². The summed E-state index contributed by atoms with van der Waals surface area (Å²) in [6.07, 6.45) is 3.17. The first-order chi connectivity index (χ1) is 15.4. The molecule has 0 bridgehead atoms. The van der Waals surface area contributed by atoms with Gasteiger partial charge in [0.05, 0.1) is 11.4 Å². The van der Waals surface area contributed by atoms with Gasteiger partial charge >= 0.3 is 0 Å². The lowest BCUT2D eigenvalue weighted by Gasteiger charge is -2.17. The number of benzene rings is 2. The Labute approximate surface area is 188 Å². The Bertz CT molecular complexity index is 1240. The second kappa shape index (κ2) is 8.79. The van der Waals surface area contributed by atoms with Gasteiger partial charge in [0.2, 0.25) is 0 Å². The lowest BCUT2D eigenvalue weighted by atomic mass is 9.91. The number of rotatable bonds is 5. The third-order valence-corrected chi connectivity index (χ3v) is 5.62. The maximum atomic E-state index is 13.4. The van der Waals surface area contributed by atoms with Crippen molar-refractivity contribution in [3.05, 3.63) is 89.7 Å². The summed E-state index contributed by atoms with van der Waals surface area (Å²) in [4.78, 5) is 17.4. The van der Waals surface area contributed by atoms with Crippen molar-refractivity contribution in [2.45, 2.75) is 39.5 Å². The summed E-state index contributed by atoms with van der Waals surface area (Å²) in [5, 5.41) is 15.9. The predicted octanol–water partition coefficient (Wildman–Crippen LogP) is 6.25. The van der Waals surface area contributed by atoms with Gasteiger partial charge in [0.15, 0.2) is 0 Å². The van der Waals surface area contributed by atoms with Gasteiger partial charge in [-0.15, -0.1) is 0 Å². The maximum absolute atomic E-state index is 13.4. The molecule has 0 fully saturated rings. The van der Waals surface area contributed by atoms with Crippen LogP contribution in [0, 0.1) is 0 Å². The quantitative estimate of drug-likeness (QED) is 0.410. The molecule has 162 valence electrons. The Morgan fingerprint density at radius 1 is 0.906 bits per heavy atom. The Kier molecular flexibility index (Phi) is 5.91. The average Bonchev–Trinajstić information content (AvgIpc) is 3.24. The Morgan fingerprint density at radius 2 is 1.59 bits per heavy atom. The Balaban J connectivity index is 1.98. The van der Waals surface area contributed by atoms with E-state index in [0.29, 0.717) is 22.5 Å². The van der Waals surface area contributed by atoms with Crippen LogP contribution < -0.4 is 0 Å². The number of carbonyl (C=O) groups is 1. The number of aromatic nitrogens is 3. The zero-order valence-electron chi connectivity index (χ0n) is 18.8. The molecule has 0 saturated heterocycles. The van der Waals surface area contributed by atoms with Crippen LogP contribution in [0.1, 0.15) is 61.0 Å². The van der Waals surface area contributed by atoms with Gasteiger partial charge in [0.25, 0.3) is 5.91 Å². The minimum atomic E-state index is -0.273. The van der Waals surface area contributed by atoms with Crippen molar-refractivity contribution in [3.63, 3.8) is 0 Å². The molecule has 4 rings (SSSR count). The summed E-state index contributed by atoms with van der Waals surface area (Å²) in [5.41, 5.74) is 5.18. The van der Waals surface area contributed by atoms with Crippen molar-refractivity contribution in [2.75, 3.05) is 0 Å². The topological polar surface area (TPSA) is 68.0 Å². The van der Waals surface area contributed by atoms with Crippen molar-refractivity contribution >= 4 is 5.91 Å². The zero-order chi connectivity index (χ0) is 22.8. The van der Waals surface area contributed by atoms with E-state index >= 15 is 0 Å². The van der Waals surface area contributed by atoms with E-state index in [-0.39, 0.29) is 23.5 Å². The monoisotopic (exact) mass is 425 g/mol. The number of phenols is 1. The van der Waals surface area contributed by atoms with Gasteiger partial charge in [-0.2, -0.15) is 9.78 Å². The lowest BCUT2D eigenvalue weighted by Crippen LogP contribution is -2.15. The van der Waals surface area contributed by atoms with Gasteiger partial charge in [-0.25, -0.2) is 0 Å². The van der Waals surface area contributed by atoms with Crippen LogP contribution in [0.4, 0.5) is 0 Å². The highest BCUT2D eigenvalue weighted by atomic mass is 16.3. The van der Waals surface area contributed by atoms with E-state index in [1.54, 1.807) is 24.5 Å². The van der Waals surface area contributed by atoms with Crippen LogP contribution in [0.2, 0.25) is 0 Å². The fourth-order valence-electron chi connectivity index (χ4n) is 3.74. The number of phenolic OH excluding ortho intramolecular Hbond substituents is 1. The molecule has 2 aromatic heterocycles. The highest BCUT2D eigenvalue weighted by molar-refractivity contribution is 5.98. The first-order valence-corrected chi connectivity index (χ1v) is 10.8. The van der Waals surface area contributed by atoms with Crippen LogP contribution in [0.5, 0.6) is 5.75 Å². The number of hydrogen-bond acceptors (Lipinski definition) is 4. The highest BCUT2D eigenvalue weighted by Gasteiger charge is 2.23. The summed E-state index contributed by atoms with van der Waals surface area (Å²) in [5.74, 6) is 0.318. The molecule has 0 saturated carbocycles. The molecule has 5 heteroatoms. The molecule has 0 aliphatic rings. The third kappa shape index (κ3) is 4.06. The first kappa shape index (κ1) is 21.5. The molecule has 4 aromatic rings. The largest absolute Gasteiger partial charge is 0.507 e. The van der Waals surface area contributed by atoms with Crippen LogP contribution >= 0.6 is 0 Å². The number of pyridine rings is 1. The molecular formula is C27H27N3O2. The van der Waals surface area contributed by atoms with Crippen molar-refractivity contribution in [3.8, 4) is 28.3 Å². The fourth-order valence-corrected chi connectivity index (χ4v) is 3.74. The average molecular weight is 426 g/mol. The SMILES string of the molecule is CC(C)c1cc(-c2cc(-c3ccccc3)nn2C(=O)c2ccncc2)c(O)c(C(C)C)c1. The molecule has 0 radical (unpaired) electrons. The lowest BCUT2D eigenvalue weighted by molar-refractivity contribution is 0.0947. The van der Waals surface area contributed by atoms with E-state index in [0.717, 1.165) is 16.7 Å². The summed E-state index contributed by atoms with van der Waals surface area (Å²) >= 11 is 0. The minimum absolute atomic E-state index is 0.133. The van der Waals surface area contributed by atoms with Crippen LogP contribution in [0.3, 0.4) is 0 Å². The molecule has 1 N–H and O–H groups in total. The second-order valence-corrected chi connectivity index (χ2v) is 8.55. The summed E-state index contributed by atoms with van der Waals surface area (Å²) in [6, 6.07) is 19.0. The zero-order valence-corrected chi connectivity index (χ0v) is 18.8. The molecule has 2 aromatic carbocycles. The van der Waals surface area contributed by atoms with Crippen LogP contribution in [-0.4, -0.2) is 25.8 Å². The van der Waals surface area contributed by atoms with Gasteiger partial charge < -0.3 is 5.11 Å². The van der Waals surface area contributed by atoms with Gasteiger partial charge in [-0.05, 0) is 47.2 Å². The molecular weight excluding hydrogens is 398 g/mol. The van der Waals surface area contributed by atoms with Crippen LogP contribution in [0.15, 0.2) is 73.1 Å². The van der Waals surface area contributed by atoms with Gasteiger partial charge in [0, 0.05) is 29.1 Å². The number of aromatic hydroxyl groups is 1. The maximum Gasteiger partial charge on any atom is 0.278 e. The summed E-state index contributed by atoms with van der Waals surface area (Å²) in [7, 11) is 0. The van der Waals surface area contributed by atoms with E-state index in [1.807, 2.05) is 42.5 Å².